The predicted octanol–water partition coefficient (Wildman–Crippen LogP) is 3.21. The van der Waals surface area contributed by atoms with Crippen molar-refractivity contribution in [3.05, 3.63) is 29.3 Å². The second-order valence-electron chi connectivity index (χ2n) is 6.61. The van der Waals surface area contributed by atoms with Crippen LogP contribution >= 0.6 is 0 Å². The Morgan fingerprint density at radius 3 is 2.71 bits per heavy atom. The van der Waals surface area contributed by atoms with Crippen LogP contribution in [0.3, 0.4) is 0 Å². The minimum absolute atomic E-state index is 0.345. The van der Waals surface area contributed by atoms with Gasteiger partial charge in [0.05, 0.1) is 0 Å². The SMILES string of the molecule is CCCC1(CNCC(O)COc2ccc(C)cc2C)CC1. The third kappa shape index (κ3) is 5.01. The van der Waals surface area contributed by atoms with E-state index in [4.69, 9.17) is 4.74 Å². The molecule has 0 heterocycles. The van der Waals surface area contributed by atoms with Crippen LogP contribution in [0.4, 0.5) is 0 Å². The van der Waals surface area contributed by atoms with Crippen molar-refractivity contribution in [2.45, 2.75) is 52.6 Å². The third-order valence-corrected chi connectivity index (χ3v) is 4.38. The monoisotopic (exact) mass is 291 g/mol. The van der Waals surface area contributed by atoms with E-state index >= 15 is 0 Å². The smallest absolute Gasteiger partial charge is 0.122 e. The number of aliphatic hydroxyl groups is 1. The molecule has 0 bridgehead atoms. The molecule has 0 spiro atoms. The molecular formula is C18H29NO2. The Bertz CT molecular complexity index is 455. The highest BCUT2D eigenvalue weighted by Crippen LogP contribution is 2.48. The zero-order chi connectivity index (χ0) is 15.3. The first-order valence-electron chi connectivity index (χ1n) is 8.13. The number of ether oxygens (including phenoxy) is 1. The summed E-state index contributed by atoms with van der Waals surface area (Å²) in [5.74, 6) is 0.865. The highest BCUT2D eigenvalue weighted by atomic mass is 16.5. The lowest BCUT2D eigenvalue weighted by atomic mass is 10.0. The van der Waals surface area contributed by atoms with Crippen LogP contribution in [-0.2, 0) is 0 Å². The third-order valence-electron chi connectivity index (χ3n) is 4.38. The Kier molecular flexibility index (Phi) is 5.65. The van der Waals surface area contributed by atoms with Crippen molar-refractivity contribution >= 4 is 0 Å². The number of rotatable bonds is 9. The average molecular weight is 291 g/mol. The molecule has 3 nitrogen and oxygen atoms in total. The van der Waals surface area contributed by atoms with Gasteiger partial charge in [-0.2, -0.15) is 0 Å². The van der Waals surface area contributed by atoms with Crippen LogP contribution in [0, 0.1) is 19.3 Å². The standard InChI is InChI=1S/C18H29NO2/c1-4-7-18(8-9-18)13-19-11-16(20)12-21-17-6-5-14(2)10-15(17)3/h5-6,10,16,19-20H,4,7-9,11-13H2,1-3H3. The molecule has 1 fully saturated rings. The molecule has 1 aromatic carbocycles. The van der Waals surface area contributed by atoms with Gasteiger partial charge in [-0.3, -0.25) is 0 Å². The molecular weight excluding hydrogens is 262 g/mol. The molecule has 1 aromatic rings. The van der Waals surface area contributed by atoms with Crippen molar-refractivity contribution < 1.29 is 9.84 Å². The summed E-state index contributed by atoms with van der Waals surface area (Å²) >= 11 is 0. The molecule has 1 saturated carbocycles. The summed E-state index contributed by atoms with van der Waals surface area (Å²) in [4.78, 5) is 0. The van der Waals surface area contributed by atoms with Crippen molar-refractivity contribution in [2.75, 3.05) is 19.7 Å². The minimum Gasteiger partial charge on any atom is -0.491 e. The summed E-state index contributed by atoms with van der Waals surface area (Å²) in [6.45, 7) is 8.33. The summed E-state index contributed by atoms with van der Waals surface area (Å²) in [5.41, 5.74) is 2.88. The number of nitrogens with one attached hydrogen (secondary N) is 1. The van der Waals surface area contributed by atoms with E-state index in [1.54, 1.807) is 0 Å². The number of aliphatic hydroxyl groups excluding tert-OH is 1. The van der Waals surface area contributed by atoms with Gasteiger partial charge in [-0.05, 0) is 50.2 Å². The van der Waals surface area contributed by atoms with Crippen LogP contribution in [0.25, 0.3) is 0 Å². The van der Waals surface area contributed by atoms with Crippen LogP contribution in [0.1, 0.15) is 43.7 Å². The number of hydrogen-bond acceptors (Lipinski definition) is 3. The van der Waals surface area contributed by atoms with Crippen molar-refractivity contribution in [3.63, 3.8) is 0 Å². The van der Waals surface area contributed by atoms with E-state index in [-0.39, 0.29) is 0 Å². The van der Waals surface area contributed by atoms with E-state index in [2.05, 4.69) is 25.2 Å². The normalized spacial score (nSPS) is 17.5. The Hall–Kier alpha value is -1.06. The van der Waals surface area contributed by atoms with Crippen LogP contribution in [-0.4, -0.2) is 30.9 Å². The average Bonchev–Trinajstić information content (AvgIpc) is 3.18. The first-order chi connectivity index (χ1) is 10.0. The van der Waals surface area contributed by atoms with E-state index in [1.807, 2.05) is 19.1 Å². The van der Waals surface area contributed by atoms with E-state index < -0.39 is 6.10 Å². The van der Waals surface area contributed by atoms with Crippen LogP contribution in [0.2, 0.25) is 0 Å². The van der Waals surface area contributed by atoms with Crippen LogP contribution in [0.15, 0.2) is 18.2 Å². The zero-order valence-electron chi connectivity index (χ0n) is 13.6. The molecule has 1 aliphatic rings. The molecule has 0 aliphatic heterocycles. The molecule has 0 amide bonds. The maximum atomic E-state index is 10.0. The van der Waals surface area contributed by atoms with Crippen molar-refractivity contribution in [1.29, 1.82) is 0 Å². The summed E-state index contributed by atoms with van der Waals surface area (Å²) in [6.07, 6.45) is 4.77. The van der Waals surface area contributed by atoms with Crippen LogP contribution < -0.4 is 10.1 Å². The van der Waals surface area contributed by atoms with E-state index in [9.17, 15) is 5.11 Å². The van der Waals surface area contributed by atoms with Gasteiger partial charge in [-0.1, -0.05) is 31.0 Å². The lowest BCUT2D eigenvalue weighted by Gasteiger charge is -2.18. The fourth-order valence-corrected chi connectivity index (χ4v) is 2.93. The molecule has 1 aliphatic carbocycles. The molecule has 0 radical (unpaired) electrons. The van der Waals surface area contributed by atoms with Gasteiger partial charge in [0.25, 0.3) is 0 Å². The fraction of sp³-hybridized carbons (Fsp3) is 0.667. The van der Waals surface area contributed by atoms with E-state index in [0.29, 0.717) is 18.6 Å². The van der Waals surface area contributed by atoms with Gasteiger partial charge in [0.2, 0.25) is 0 Å². The quantitative estimate of drug-likeness (QED) is 0.734. The summed E-state index contributed by atoms with van der Waals surface area (Å²) in [7, 11) is 0. The Morgan fingerprint density at radius 2 is 2.10 bits per heavy atom. The van der Waals surface area contributed by atoms with Gasteiger partial charge < -0.3 is 15.2 Å². The topological polar surface area (TPSA) is 41.5 Å². The van der Waals surface area contributed by atoms with Gasteiger partial charge >= 0.3 is 0 Å². The highest BCUT2D eigenvalue weighted by Gasteiger charge is 2.40. The van der Waals surface area contributed by atoms with Gasteiger partial charge in [-0.15, -0.1) is 0 Å². The van der Waals surface area contributed by atoms with Gasteiger partial charge in [-0.25, -0.2) is 0 Å². The zero-order valence-corrected chi connectivity index (χ0v) is 13.6. The van der Waals surface area contributed by atoms with E-state index in [0.717, 1.165) is 17.9 Å². The molecule has 1 unspecified atom stereocenters. The van der Waals surface area contributed by atoms with Crippen molar-refractivity contribution in [1.82, 2.24) is 5.32 Å². The molecule has 2 rings (SSSR count). The molecule has 118 valence electrons. The molecule has 3 heteroatoms. The number of benzene rings is 1. The molecule has 1 atom stereocenters. The number of aryl methyl sites for hydroxylation is 2. The van der Waals surface area contributed by atoms with E-state index in [1.165, 1.54) is 31.2 Å². The summed E-state index contributed by atoms with van der Waals surface area (Å²) < 4.78 is 5.71. The molecule has 21 heavy (non-hydrogen) atoms. The van der Waals surface area contributed by atoms with Gasteiger partial charge in [0, 0.05) is 13.1 Å². The first-order valence-corrected chi connectivity index (χ1v) is 8.13. The number of hydrogen-bond donors (Lipinski definition) is 2. The highest BCUT2D eigenvalue weighted by molar-refractivity contribution is 5.35. The summed E-state index contributed by atoms with van der Waals surface area (Å²) in [6, 6.07) is 6.11. The van der Waals surface area contributed by atoms with Crippen LogP contribution in [0.5, 0.6) is 5.75 Å². The first kappa shape index (κ1) is 16.3. The molecule has 2 N–H and O–H groups in total. The fourth-order valence-electron chi connectivity index (χ4n) is 2.93. The lowest BCUT2D eigenvalue weighted by Crippen LogP contribution is -2.34. The molecule has 0 saturated heterocycles. The van der Waals surface area contributed by atoms with Gasteiger partial charge in [0.15, 0.2) is 0 Å². The maximum Gasteiger partial charge on any atom is 0.122 e. The minimum atomic E-state index is -0.455. The van der Waals surface area contributed by atoms with Gasteiger partial charge in [0.1, 0.15) is 18.5 Å². The van der Waals surface area contributed by atoms with Crippen molar-refractivity contribution in [2.24, 2.45) is 5.41 Å². The maximum absolute atomic E-state index is 10.0. The van der Waals surface area contributed by atoms with Crippen molar-refractivity contribution in [3.8, 4) is 5.75 Å². The Morgan fingerprint density at radius 1 is 1.33 bits per heavy atom. The largest absolute Gasteiger partial charge is 0.491 e. The second kappa shape index (κ2) is 7.28. The predicted molar refractivity (Wildman–Crippen MR) is 86.9 cm³/mol. The second-order valence-corrected chi connectivity index (χ2v) is 6.61. The molecule has 0 aromatic heterocycles. The Balaban J connectivity index is 1.66. The lowest BCUT2D eigenvalue weighted by molar-refractivity contribution is 0.104. The summed E-state index contributed by atoms with van der Waals surface area (Å²) in [5, 5.41) is 13.4. The Labute approximate surface area is 128 Å².